The van der Waals surface area contributed by atoms with Gasteiger partial charge in [0, 0.05) is 11.1 Å². The summed E-state index contributed by atoms with van der Waals surface area (Å²) in [5.41, 5.74) is 7.62. The highest BCUT2D eigenvalue weighted by molar-refractivity contribution is 8.01. The number of fused-ring (bicyclic) bond motifs is 1. The van der Waals surface area contributed by atoms with E-state index in [-0.39, 0.29) is 5.96 Å². The van der Waals surface area contributed by atoms with Gasteiger partial charge in [-0.05, 0) is 36.9 Å². The van der Waals surface area contributed by atoms with E-state index in [1.165, 1.54) is 11.3 Å². The van der Waals surface area contributed by atoms with Crippen LogP contribution in [0.1, 0.15) is 12.7 Å². The third kappa shape index (κ3) is 3.40. The third-order valence-corrected chi connectivity index (χ3v) is 4.62. The summed E-state index contributed by atoms with van der Waals surface area (Å²) < 4.78 is 6.43. The first-order chi connectivity index (χ1) is 10.6. The minimum absolute atomic E-state index is 0.281. The number of aromatic nitrogens is 2. The summed E-state index contributed by atoms with van der Waals surface area (Å²) in [5, 5.41) is 12.6. The van der Waals surface area contributed by atoms with Gasteiger partial charge in [0.15, 0.2) is 4.34 Å². The van der Waals surface area contributed by atoms with Crippen molar-refractivity contribution in [3.63, 3.8) is 0 Å². The summed E-state index contributed by atoms with van der Waals surface area (Å²) in [5.74, 6) is 2.11. The lowest BCUT2D eigenvalue weighted by molar-refractivity contribution is 0.578. The van der Waals surface area contributed by atoms with E-state index in [2.05, 4.69) is 27.4 Å². The van der Waals surface area contributed by atoms with Gasteiger partial charge in [0.05, 0.1) is 0 Å². The fourth-order valence-electron chi connectivity index (χ4n) is 1.96. The predicted molar refractivity (Wildman–Crippen MR) is 92.2 cm³/mol. The smallest absolute Gasteiger partial charge is 0.235 e. The Morgan fingerprint density at radius 2 is 2.27 bits per heavy atom. The van der Waals surface area contributed by atoms with Crippen molar-refractivity contribution < 1.29 is 4.42 Å². The van der Waals surface area contributed by atoms with Gasteiger partial charge in [-0.2, -0.15) is 4.99 Å². The molecule has 3 aromatic rings. The number of aryl methyl sites for hydroxylation is 1. The lowest BCUT2D eigenvalue weighted by Gasteiger charge is -2.04. The largest absolute Gasteiger partial charge is 0.461 e. The molecule has 0 aliphatic rings. The van der Waals surface area contributed by atoms with E-state index in [1.807, 2.05) is 31.2 Å². The maximum atomic E-state index is 5.92. The van der Waals surface area contributed by atoms with Crippen LogP contribution in [0.15, 0.2) is 38.0 Å². The van der Waals surface area contributed by atoms with Crippen molar-refractivity contribution in [2.24, 2.45) is 10.7 Å². The zero-order valence-corrected chi connectivity index (χ0v) is 13.8. The van der Waals surface area contributed by atoms with Gasteiger partial charge < -0.3 is 15.5 Å². The van der Waals surface area contributed by atoms with Gasteiger partial charge in [0.25, 0.3) is 0 Å². The summed E-state index contributed by atoms with van der Waals surface area (Å²) in [6.45, 7) is 3.99. The molecule has 6 nitrogen and oxygen atoms in total. The van der Waals surface area contributed by atoms with Crippen LogP contribution in [0.25, 0.3) is 11.0 Å². The van der Waals surface area contributed by atoms with E-state index in [4.69, 9.17) is 10.2 Å². The van der Waals surface area contributed by atoms with Crippen LogP contribution in [0.5, 0.6) is 0 Å². The molecule has 0 aliphatic carbocycles. The number of aliphatic imine (C=N–C) groups is 1. The number of thioether (sulfide) groups is 1. The second kappa shape index (κ2) is 6.37. The van der Waals surface area contributed by atoms with Crippen LogP contribution in [0, 0.1) is 6.92 Å². The molecule has 2 aromatic heterocycles. The molecule has 0 atom stereocenters. The maximum absolute atomic E-state index is 5.92. The molecule has 0 amide bonds. The number of nitrogens with one attached hydrogen (secondary N) is 1. The van der Waals surface area contributed by atoms with Crippen LogP contribution >= 0.6 is 23.1 Å². The lowest BCUT2D eigenvalue weighted by Crippen LogP contribution is -2.21. The number of furan rings is 1. The standard InChI is InChI=1S/C14H15N5OS2/c1-3-21-14-19-18-13(22-14)17-12(15)16-10-4-5-11-9(7-10)6-8(2)20-11/h4-7H,3H2,1-2H3,(H3,15,16,17,18). The molecule has 1 aromatic carbocycles. The van der Waals surface area contributed by atoms with Gasteiger partial charge in [0.2, 0.25) is 11.1 Å². The van der Waals surface area contributed by atoms with Gasteiger partial charge in [0.1, 0.15) is 11.3 Å². The summed E-state index contributed by atoms with van der Waals surface area (Å²) in [4.78, 5) is 4.23. The molecular formula is C14H15N5OS2. The molecule has 2 heterocycles. The number of nitrogens with two attached hydrogens (primary N) is 1. The maximum Gasteiger partial charge on any atom is 0.235 e. The zero-order chi connectivity index (χ0) is 15.5. The van der Waals surface area contributed by atoms with Crippen molar-refractivity contribution in [2.45, 2.75) is 18.2 Å². The van der Waals surface area contributed by atoms with E-state index < -0.39 is 0 Å². The molecule has 0 fully saturated rings. The molecule has 3 rings (SSSR count). The average molecular weight is 333 g/mol. The Morgan fingerprint density at radius 1 is 1.41 bits per heavy atom. The van der Waals surface area contributed by atoms with Crippen LogP contribution in [0.2, 0.25) is 0 Å². The van der Waals surface area contributed by atoms with Crippen LogP contribution < -0.4 is 11.1 Å². The Bertz CT molecular complexity index is 824. The monoisotopic (exact) mass is 333 g/mol. The molecule has 8 heteroatoms. The average Bonchev–Trinajstić information content (AvgIpc) is 3.04. The van der Waals surface area contributed by atoms with Gasteiger partial charge in [-0.1, -0.05) is 30.0 Å². The predicted octanol–water partition coefficient (Wildman–Crippen LogP) is 3.76. The fraction of sp³-hybridized carbons (Fsp3) is 0.214. The quantitative estimate of drug-likeness (QED) is 0.429. The Morgan fingerprint density at radius 3 is 3.09 bits per heavy atom. The minimum atomic E-state index is 0.281. The van der Waals surface area contributed by atoms with Gasteiger partial charge in [-0.25, -0.2) is 0 Å². The zero-order valence-electron chi connectivity index (χ0n) is 12.2. The fourth-order valence-corrected chi connectivity index (χ4v) is 3.58. The second-order valence-corrected chi connectivity index (χ2v) is 6.98. The number of benzene rings is 1. The Kier molecular flexibility index (Phi) is 4.30. The van der Waals surface area contributed by atoms with E-state index in [0.29, 0.717) is 5.13 Å². The molecule has 0 unspecified atom stereocenters. The highest BCUT2D eigenvalue weighted by Gasteiger charge is 2.05. The molecule has 0 saturated heterocycles. The third-order valence-electron chi connectivity index (χ3n) is 2.79. The Hall–Kier alpha value is -2.06. The molecule has 0 radical (unpaired) electrons. The molecule has 22 heavy (non-hydrogen) atoms. The molecule has 0 bridgehead atoms. The van der Waals surface area contributed by atoms with E-state index in [9.17, 15) is 0 Å². The van der Waals surface area contributed by atoms with E-state index >= 15 is 0 Å². The van der Waals surface area contributed by atoms with Gasteiger partial charge in [-0.15, -0.1) is 10.2 Å². The normalized spacial score (nSPS) is 12.0. The van der Waals surface area contributed by atoms with Crippen molar-refractivity contribution >= 4 is 50.8 Å². The van der Waals surface area contributed by atoms with Crippen molar-refractivity contribution in [1.82, 2.24) is 10.2 Å². The first kappa shape index (κ1) is 14.9. The van der Waals surface area contributed by atoms with Crippen LogP contribution in [-0.2, 0) is 0 Å². The topological polar surface area (TPSA) is 89.3 Å². The minimum Gasteiger partial charge on any atom is -0.461 e. The van der Waals surface area contributed by atoms with Crippen molar-refractivity contribution in [2.75, 3.05) is 11.1 Å². The second-order valence-electron chi connectivity index (χ2n) is 4.52. The number of anilines is 1. The highest BCUT2D eigenvalue weighted by atomic mass is 32.2. The number of nitrogens with zero attached hydrogens (tertiary/aromatic N) is 3. The summed E-state index contributed by atoms with van der Waals surface area (Å²) >= 11 is 3.06. The Balaban J connectivity index is 1.75. The van der Waals surface area contributed by atoms with Gasteiger partial charge in [-0.3, -0.25) is 0 Å². The summed E-state index contributed by atoms with van der Waals surface area (Å²) in [6.07, 6.45) is 0. The number of hydrogen-bond acceptors (Lipinski definition) is 6. The van der Waals surface area contributed by atoms with Crippen LogP contribution in [0.4, 0.5) is 10.8 Å². The first-order valence-electron chi connectivity index (χ1n) is 6.71. The first-order valence-corrected chi connectivity index (χ1v) is 8.52. The van der Waals surface area contributed by atoms with E-state index in [0.717, 1.165) is 32.5 Å². The summed E-state index contributed by atoms with van der Waals surface area (Å²) in [6, 6.07) is 7.74. The SMILES string of the molecule is CCSc1nnc(N=C(N)Nc2ccc3oc(C)cc3c2)s1. The van der Waals surface area contributed by atoms with Crippen molar-refractivity contribution in [3.8, 4) is 0 Å². The van der Waals surface area contributed by atoms with Crippen molar-refractivity contribution in [1.29, 1.82) is 0 Å². The molecule has 114 valence electrons. The van der Waals surface area contributed by atoms with Gasteiger partial charge >= 0.3 is 0 Å². The molecule has 0 aliphatic heterocycles. The number of guanidine groups is 1. The number of rotatable bonds is 4. The molecule has 0 saturated carbocycles. The molecular weight excluding hydrogens is 318 g/mol. The van der Waals surface area contributed by atoms with E-state index in [1.54, 1.807) is 11.8 Å². The Labute approximate surface area is 135 Å². The van der Waals surface area contributed by atoms with Crippen LogP contribution in [-0.4, -0.2) is 21.9 Å². The lowest BCUT2D eigenvalue weighted by atomic mass is 10.2. The number of hydrogen-bond donors (Lipinski definition) is 2. The highest BCUT2D eigenvalue weighted by Crippen LogP contribution is 2.27. The van der Waals surface area contributed by atoms with Crippen LogP contribution in [0.3, 0.4) is 0 Å². The molecule has 0 spiro atoms. The van der Waals surface area contributed by atoms with Crippen molar-refractivity contribution in [3.05, 3.63) is 30.0 Å². The summed E-state index contributed by atoms with van der Waals surface area (Å²) in [7, 11) is 0. The molecule has 3 N–H and O–H groups in total.